The van der Waals surface area contributed by atoms with Gasteiger partial charge in [-0.05, 0) is 31.5 Å². The van der Waals surface area contributed by atoms with Crippen molar-refractivity contribution in [3.8, 4) is 0 Å². The third kappa shape index (κ3) is 8.01. The van der Waals surface area contributed by atoms with Gasteiger partial charge >= 0.3 is 0 Å². The van der Waals surface area contributed by atoms with Crippen LogP contribution in [-0.4, -0.2) is 33.5 Å². The number of hydrogen-bond acceptors (Lipinski definition) is 3. The highest BCUT2D eigenvalue weighted by Crippen LogP contribution is 2.10. The van der Waals surface area contributed by atoms with E-state index in [4.69, 9.17) is 11.6 Å². The van der Waals surface area contributed by atoms with E-state index < -0.39 is 10.2 Å². The normalized spacial score (nSPS) is 11.6. The average Bonchev–Trinajstić information content (AvgIpc) is 2.33. The van der Waals surface area contributed by atoms with Crippen molar-refractivity contribution in [3.63, 3.8) is 0 Å². The van der Waals surface area contributed by atoms with Crippen LogP contribution in [-0.2, 0) is 21.4 Å². The fraction of sp³-hybridized carbons (Fsp3) is 0.462. The van der Waals surface area contributed by atoms with Gasteiger partial charge in [-0.25, -0.2) is 4.72 Å². The van der Waals surface area contributed by atoms with Gasteiger partial charge in [-0.1, -0.05) is 23.7 Å². The minimum absolute atomic E-state index is 0.128. The Hall–Kier alpha value is -1.15. The van der Waals surface area contributed by atoms with E-state index in [1.807, 2.05) is 0 Å². The first-order valence-corrected chi connectivity index (χ1v) is 8.42. The number of rotatable bonds is 8. The topological polar surface area (TPSA) is 87.3 Å². The third-order valence-electron chi connectivity index (χ3n) is 2.38. The van der Waals surface area contributed by atoms with Crippen molar-refractivity contribution in [3.05, 3.63) is 34.9 Å². The first kappa shape index (κ1) is 17.9. The minimum Gasteiger partial charge on any atom is -0.354 e. The highest BCUT2D eigenvalue weighted by molar-refractivity contribution is 7.87. The molecule has 1 aromatic carbocycles. The second kappa shape index (κ2) is 8.33. The van der Waals surface area contributed by atoms with E-state index in [1.165, 1.54) is 0 Å². The van der Waals surface area contributed by atoms with E-state index in [9.17, 15) is 13.2 Å². The van der Waals surface area contributed by atoms with Crippen molar-refractivity contribution >= 4 is 27.7 Å². The van der Waals surface area contributed by atoms with Crippen LogP contribution < -0.4 is 14.8 Å². The van der Waals surface area contributed by atoms with Crippen LogP contribution in [0, 0.1) is 0 Å². The van der Waals surface area contributed by atoms with Crippen LogP contribution in [0.1, 0.15) is 19.4 Å². The third-order valence-corrected chi connectivity index (χ3v) is 3.98. The van der Waals surface area contributed by atoms with E-state index >= 15 is 0 Å². The number of amides is 1. The molecule has 0 saturated heterocycles. The zero-order valence-corrected chi connectivity index (χ0v) is 13.6. The van der Waals surface area contributed by atoms with Crippen molar-refractivity contribution in [2.45, 2.75) is 26.3 Å². The summed E-state index contributed by atoms with van der Waals surface area (Å²) >= 11 is 5.83. The molecule has 0 aromatic heterocycles. The molecule has 8 heteroatoms. The summed E-state index contributed by atoms with van der Waals surface area (Å²) in [6.07, 6.45) is 0.206. The lowest BCUT2D eigenvalue weighted by Gasteiger charge is -2.11. The summed E-state index contributed by atoms with van der Waals surface area (Å²) in [5.74, 6) is -0.187. The van der Waals surface area contributed by atoms with Crippen molar-refractivity contribution in [2.75, 3.05) is 13.1 Å². The van der Waals surface area contributed by atoms with E-state index in [2.05, 4.69) is 14.8 Å². The smallest absolute Gasteiger partial charge is 0.277 e. The maximum absolute atomic E-state index is 11.7. The molecule has 0 bridgehead atoms. The Balaban J connectivity index is 2.28. The van der Waals surface area contributed by atoms with Crippen molar-refractivity contribution in [1.29, 1.82) is 0 Å². The quantitative estimate of drug-likeness (QED) is 0.616. The Morgan fingerprint density at radius 1 is 1.29 bits per heavy atom. The van der Waals surface area contributed by atoms with Crippen LogP contribution in [0.3, 0.4) is 0 Å². The van der Waals surface area contributed by atoms with E-state index in [0.29, 0.717) is 5.02 Å². The molecule has 0 atom stereocenters. The fourth-order valence-corrected chi connectivity index (χ4v) is 2.92. The molecule has 6 nitrogen and oxygen atoms in total. The second-order valence-corrected chi connectivity index (χ2v) is 6.79. The number of benzene rings is 1. The first-order chi connectivity index (χ1) is 9.78. The van der Waals surface area contributed by atoms with E-state index in [0.717, 1.165) is 5.56 Å². The molecule has 1 rings (SSSR count). The summed E-state index contributed by atoms with van der Waals surface area (Å²) in [7, 11) is -3.51. The number of carbonyl (C=O) groups excluding carboxylic acids is 1. The molecule has 0 aliphatic rings. The molecule has 118 valence electrons. The van der Waals surface area contributed by atoms with Gasteiger partial charge in [0.1, 0.15) is 0 Å². The maximum Gasteiger partial charge on any atom is 0.277 e. The summed E-state index contributed by atoms with van der Waals surface area (Å²) in [6.45, 7) is 3.81. The zero-order valence-electron chi connectivity index (χ0n) is 12.0. The monoisotopic (exact) mass is 333 g/mol. The SMILES string of the molecule is CC(C)NS(=O)(=O)NCCNC(=O)Cc1cccc(Cl)c1. The highest BCUT2D eigenvalue weighted by atomic mass is 35.5. The number of hydrogen-bond donors (Lipinski definition) is 3. The van der Waals surface area contributed by atoms with Crippen LogP contribution >= 0.6 is 11.6 Å². The Kier molecular flexibility index (Phi) is 7.10. The van der Waals surface area contributed by atoms with Gasteiger partial charge in [0.2, 0.25) is 5.91 Å². The Bertz CT molecular complexity index is 576. The molecular weight excluding hydrogens is 314 g/mol. The molecule has 1 aromatic rings. The molecule has 0 unspecified atom stereocenters. The van der Waals surface area contributed by atoms with Gasteiger partial charge in [-0.2, -0.15) is 13.1 Å². The van der Waals surface area contributed by atoms with Crippen molar-refractivity contribution in [2.24, 2.45) is 0 Å². The summed E-state index contributed by atoms with van der Waals surface area (Å²) in [6, 6.07) is 6.85. The largest absolute Gasteiger partial charge is 0.354 e. The molecule has 0 aliphatic heterocycles. The standard InChI is InChI=1S/C13H20ClN3O3S/c1-10(2)17-21(19,20)16-7-6-15-13(18)9-11-4-3-5-12(14)8-11/h3-5,8,10,16-17H,6-7,9H2,1-2H3,(H,15,18). The van der Waals surface area contributed by atoms with Gasteiger partial charge in [-0.15, -0.1) is 0 Å². The van der Waals surface area contributed by atoms with Crippen molar-refractivity contribution < 1.29 is 13.2 Å². The zero-order chi connectivity index (χ0) is 15.9. The highest BCUT2D eigenvalue weighted by Gasteiger charge is 2.10. The average molecular weight is 334 g/mol. The molecule has 0 heterocycles. The van der Waals surface area contributed by atoms with Crippen molar-refractivity contribution in [1.82, 2.24) is 14.8 Å². The Morgan fingerprint density at radius 3 is 2.62 bits per heavy atom. The Labute approximate surface area is 130 Å². The first-order valence-electron chi connectivity index (χ1n) is 6.56. The van der Waals surface area contributed by atoms with Crippen LogP contribution in [0.4, 0.5) is 0 Å². The fourth-order valence-electron chi connectivity index (χ4n) is 1.63. The van der Waals surface area contributed by atoms with Gasteiger partial charge in [0.15, 0.2) is 0 Å². The molecule has 0 aliphatic carbocycles. The second-order valence-electron chi connectivity index (χ2n) is 4.83. The molecule has 0 saturated carbocycles. The summed E-state index contributed by atoms with van der Waals surface area (Å²) in [5.41, 5.74) is 0.807. The molecule has 0 fully saturated rings. The van der Waals surface area contributed by atoms with Gasteiger partial charge in [-0.3, -0.25) is 4.79 Å². The molecule has 21 heavy (non-hydrogen) atoms. The predicted molar refractivity (Wildman–Crippen MR) is 83.4 cm³/mol. The lowest BCUT2D eigenvalue weighted by Crippen LogP contribution is -2.43. The van der Waals surface area contributed by atoms with Crippen LogP contribution in [0.15, 0.2) is 24.3 Å². The Morgan fingerprint density at radius 2 is 2.00 bits per heavy atom. The summed E-state index contributed by atoms with van der Waals surface area (Å²) < 4.78 is 27.7. The molecule has 1 amide bonds. The lowest BCUT2D eigenvalue weighted by atomic mass is 10.1. The van der Waals surface area contributed by atoms with Crippen LogP contribution in [0.2, 0.25) is 5.02 Å². The number of nitrogens with one attached hydrogen (secondary N) is 3. The van der Waals surface area contributed by atoms with E-state index in [1.54, 1.807) is 38.1 Å². The maximum atomic E-state index is 11.7. The lowest BCUT2D eigenvalue weighted by molar-refractivity contribution is -0.120. The van der Waals surface area contributed by atoms with Gasteiger partial charge < -0.3 is 5.32 Å². The van der Waals surface area contributed by atoms with Gasteiger partial charge in [0.05, 0.1) is 6.42 Å². The molecule has 0 spiro atoms. The summed E-state index contributed by atoms with van der Waals surface area (Å²) in [4.78, 5) is 11.7. The molecule has 0 radical (unpaired) electrons. The molecular formula is C13H20ClN3O3S. The van der Waals surface area contributed by atoms with Gasteiger partial charge in [0, 0.05) is 24.2 Å². The summed E-state index contributed by atoms with van der Waals surface area (Å²) in [5, 5.41) is 3.22. The minimum atomic E-state index is -3.51. The van der Waals surface area contributed by atoms with Crippen LogP contribution in [0.5, 0.6) is 0 Å². The predicted octanol–water partition coefficient (Wildman–Crippen LogP) is 0.831. The number of carbonyl (C=O) groups is 1. The van der Waals surface area contributed by atoms with Gasteiger partial charge in [0.25, 0.3) is 10.2 Å². The van der Waals surface area contributed by atoms with E-state index in [-0.39, 0.29) is 31.5 Å². The number of halogens is 1. The molecule has 3 N–H and O–H groups in total. The van der Waals surface area contributed by atoms with Crippen LogP contribution in [0.25, 0.3) is 0 Å².